The maximum absolute atomic E-state index is 3.27. The van der Waals surface area contributed by atoms with Crippen LogP contribution in [0.2, 0.25) is 0 Å². The lowest BCUT2D eigenvalue weighted by atomic mass is 10.2. The Morgan fingerprint density at radius 2 is 2.13 bits per heavy atom. The molecular weight excluding hydrogens is 184 g/mol. The van der Waals surface area contributed by atoms with E-state index in [1.54, 1.807) is 0 Å². The van der Waals surface area contributed by atoms with Gasteiger partial charge in [0, 0.05) is 24.8 Å². The molecule has 1 N–H and O–H groups in total. The van der Waals surface area contributed by atoms with E-state index in [1.807, 2.05) is 7.05 Å². The second-order valence-electron chi connectivity index (χ2n) is 4.07. The van der Waals surface area contributed by atoms with Gasteiger partial charge in [-0.05, 0) is 45.5 Å². The molecule has 0 aromatic heterocycles. The summed E-state index contributed by atoms with van der Waals surface area (Å²) < 4.78 is 0. The second kappa shape index (κ2) is 5.76. The van der Waals surface area contributed by atoms with Crippen molar-refractivity contribution in [1.29, 1.82) is 0 Å². The number of nitrogens with zero attached hydrogens (tertiary/aromatic N) is 1. The van der Waals surface area contributed by atoms with Crippen LogP contribution in [-0.2, 0) is 0 Å². The molecule has 2 nitrogen and oxygen atoms in total. The van der Waals surface area contributed by atoms with E-state index < -0.39 is 0 Å². The Kier molecular flexibility index (Phi) is 4.63. The van der Waals surface area contributed by atoms with Crippen molar-refractivity contribution >= 4 is 5.69 Å². The average molecular weight is 206 g/mol. The lowest BCUT2D eigenvalue weighted by Crippen LogP contribution is -2.37. The van der Waals surface area contributed by atoms with Gasteiger partial charge in [0.25, 0.3) is 0 Å². The molecule has 0 heterocycles. The minimum Gasteiger partial charge on any atom is -0.370 e. The first kappa shape index (κ1) is 12.1. The molecule has 1 aromatic carbocycles. The third-order valence-corrected chi connectivity index (χ3v) is 2.74. The van der Waals surface area contributed by atoms with Crippen molar-refractivity contribution in [2.24, 2.45) is 0 Å². The van der Waals surface area contributed by atoms with Crippen molar-refractivity contribution in [3.05, 3.63) is 29.8 Å². The third-order valence-electron chi connectivity index (χ3n) is 2.74. The smallest absolute Gasteiger partial charge is 0.0369 e. The van der Waals surface area contributed by atoms with Crippen LogP contribution >= 0.6 is 0 Å². The summed E-state index contributed by atoms with van der Waals surface area (Å²) in [5.41, 5.74) is 2.64. The number of nitrogens with one attached hydrogen (secondary N) is 1. The van der Waals surface area contributed by atoms with Crippen LogP contribution in [0.25, 0.3) is 0 Å². The summed E-state index contributed by atoms with van der Waals surface area (Å²) in [5, 5.41) is 3.27. The van der Waals surface area contributed by atoms with Crippen LogP contribution in [0.4, 0.5) is 5.69 Å². The monoisotopic (exact) mass is 206 g/mol. The molecule has 1 atom stereocenters. The highest BCUT2D eigenvalue weighted by Crippen LogP contribution is 2.15. The Labute approximate surface area is 93.3 Å². The number of aryl methyl sites for hydroxylation is 1. The summed E-state index contributed by atoms with van der Waals surface area (Å²) in [7, 11) is 2.01. The number of rotatable bonds is 5. The normalized spacial score (nSPS) is 12.5. The van der Waals surface area contributed by atoms with E-state index in [0.29, 0.717) is 6.04 Å². The van der Waals surface area contributed by atoms with Crippen molar-refractivity contribution in [3.63, 3.8) is 0 Å². The second-order valence-corrected chi connectivity index (χ2v) is 4.07. The summed E-state index contributed by atoms with van der Waals surface area (Å²) in [6.45, 7) is 8.65. The lowest BCUT2D eigenvalue weighted by molar-refractivity contribution is 0.592. The van der Waals surface area contributed by atoms with E-state index in [-0.39, 0.29) is 0 Å². The van der Waals surface area contributed by atoms with Crippen LogP contribution in [0.5, 0.6) is 0 Å². The minimum atomic E-state index is 0.519. The molecule has 2 heteroatoms. The van der Waals surface area contributed by atoms with Crippen molar-refractivity contribution in [2.75, 3.05) is 25.0 Å². The fourth-order valence-electron chi connectivity index (χ4n) is 1.66. The first-order valence-corrected chi connectivity index (χ1v) is 5.66. The molecule has 1 unspecified atom stereocenters. The van der Waals surface area contributed by atoms with E-state index in [0.717, 1.165) is 13.1 Å². The first-order valence-electron chi connectivity index (χ1n) is 5.66. The Morgan fingerprint density at radius 3 is 2.67 bits per heavy atom. The molecule has 0 spiro atoms. The molecule has 0 saturated carbocycles. The SMILES string of the molecule is CCN(CC(C)NC)c1cccc(C)c1. The highest BCUT2D eigenvalue weighted by molar-refractivity contribution is 5.48. The van der Waals surface area contributed by atoms with Gasteiger partial charge in [-0.1, -0.05) is 12.1 Å². The topological polar surface area (TPSA) is 15.3 Å². The molecule has 0 amide bonds. The molecule has 0 bridgehead atoms. The van der Waals surface area contributed by atoms with Gasteiger partial charge < -0.3 is 10.2 Å². The lowest BCUT2D eigenvalue weighted by Gasteiger charge is -2.26. The van der Waals surface area contributed by atoms with Crippen LogP contribution in [0.3, 0.4) is 0 Å². The van der Waals surface area contributed by atoms with E-state index in [4.69, 9.17) is 0 Å². The van der Waals surface area contributed by atoms with E-state index in [2.05, 4.69) is 55.3 Å². The molecule has 1 rings (SSSR count). The summed E-state index contributed by atoms with van der Waals surface area (Å²) in [6, 6.07) is 9.20. The van der Waals surface area contributed by atoms with Crippen molar-refractivity contribution in [2.45, 2.75) is 26.8 Å². The largest absolute Gasteiger partial charge is 0.370 e. The van der Waals surface area contributed by atoms with Gasteiger partial charge in [0.05, 0.1) is 0 Å². The van der Waals surface area contributed by atoms with Gasteiger partial charge >= 0.3 is 0 Å². The minimum absolute atomic E-state index is 0.519. The molecule has 0 aliphatic carbocycles. The molecule has 0 saturated heterocycles. The molecule has 0 aliphatic rings. The molecule has 15 heavy (non-hydrogen) atoms. The van der Waals surface area contributed by atoms with Gasteiger partial charge in [-0.3, -0.25) is 0 Å². The fraction of sp³-hybridized carbons (Fsp3) is 0.538. The number of likely N-dealkylation sites (N-methyl/N-ethyl adjacent to an activating group) is 2. The van der Waals surface area contributed by atoms with Crippen molar-refractivity contribution < 1.29 is 0 Å². The Morgan fingerprint density at radius 1 is 1.40 bits per heavy atom. The summed E-state index contributed by atoms with van der Waals surface area (Å²) in [6.07, 6.45) is 0. The van der Waals surface area contributed by atoms with Crippen LogP contribution in [0.15, 0.2) is 24.3 Å². The number of hydrogen-bond donors (Lipinski definition) is 1. The van der Waals surface area contributed by atoms with Gasteiger partial charge in [0.1, 0.15) is 0 Å². The summed E-state index contributed by atoms with van der Waals surface area (Å²) in [4.78, 5) is 2.40. The zero-order valence-electron chi connectivity index (χ0n) is 10.2. The highest BCUT2D eigenvalue weighted by atomic mass is 15.1. The Bertz CT molecular complexity index is 296. The zero-order valence-corrected chi connectivity index (χ0v) is 10.2. The molecule has 84 valence electrons. The quantitative estimate of drug-likeness (QED) is 0.796. The van der Waals surface area contributed by atoms with Crippen LogP contribution < -0.4 is 10.2 Å². The molecule has 0 fully saturated rings. The third kappa shape index (κ3) is 3.56. The highest BCUT2D eigenvalue weighted by Gasteiger charge is 2.07. The predicted molar refractivity (Wildman–Crippen MR) is 67.6 cm³/mol. The van der Waals surface area contributed by atoms with Crippen molar-refractivity contribution in [1.82, 2.24) is 5.32 Å². The van der Waals surface area contributed by atoms with Gasteiger partial charge in [-0.15, -0.1) is 0 Å². The van der Waals surface area contributed by atoms with Crippen molar-refractivity contribution in [3.8, 4) is 0 Å². The van der Waals surface area contributed by atoms with Crippen LogP contribution in [0.1, 0.15) is 19.4 Å². The zero-order chi connectivity index (χ0) is 11.3. The summed E-state index contributed by atoms with van der Waals surface area (Å²) in [5.74, 6) is 0. The van der Waals surface area contributed by atoms with Gasteiger partial charge in [0.15, 0.2) is 0 Å². The van der Waals surface area contributed by atoms with E-state index in [1.165, 1.54) is 11.3 Å². The van der Waals surface area contributed by atoms with E-state index in [9.17, 15) is 0 Å². The summed E-state index contributed by atoms with van der Waals surface area (Å²) >= 11 is 0. The maximum atomic E-state index is 3.27. The predicted octanol–water partition coefficient (Wildman–Crippen LogP) is 2.43. The van der Waals surface area contributed by atoms with Gasteiger partial charge in [0.2, 0.25) is 0 Å². The molecule has 0 radical (unpaired) electrons. The Balaban J connectivity index is 2.73. The van der Waals surface area contributed by atoms with Gasteiger partial charge in [-0.25, -0.2) is 0 Å². The fourth-order valence-corrected chi connectivity index (χ4v) is 1.66. The average Bonchev–Trinajstić information content (AvgIpc) is 2.25. The number of hydrogen-bond acceptors (Lipinski definition) is 2. The first-order chi connectivity index (χ1) is 7.17. The Hall–Kier alpha value is -1.02. The van der Waals surface area contributed by atoms with Crippen LogP contribution in [-0.4, -0.2) is 26.2 Å². The maximum Gasteiger partial charge on any atom is 0.0369 e. The molecule has 0 aliphatic heterocycles. The standard InChI is InChI=1S/C13H22N2/c1-5-15(10-12(3)14-4)13-8-6-7-11(2)9-13/h6-9,12,14H,5,10H2,1-4H3. The number of benzene rings is 1. The van der Waals surface area contributed by atoms with Crippen LogP contribution in [0, 0.1) is 6.92 Å². The number of anilines is 1. The van der Waals surface area contributed by atoms with E-state index >= 15 is 0 Å². The molecule has 1 aromatic rings. The van der Waals surface area contributed by atoms with Gasteiger partial charge in [-0.2, -0.15) is 0 Å². The molecular formula is C13H22N2.